The van der Waals surface area contributed by atoms with Gasteiger partial charge in [0.15, 0.2) is 0 Å². The molecule has 6 heteroatoms. The molecule has 1 aliphatic carbocycles. The Morgan fingerprint density at radius 2 is 0.886 bits per heavy atom. The van der Waals surface area contributed by atoms with Crippen LogP contribution in [0.5, 0.6) is 0 Å². The summed E-state index contributed by atoms with van der Waals surface area (Å²) < 4.78 is 24.7. The van der Waals surface area contributed by atoms with Crippen LogP contribution in [0.15, 0.2) is 0 Å². The maximum Gasteiger partial charge on any atom is 0.328 e. The molecule has 0 amide bonds. The van der Waals surface area contributed by atoms with Gasteiger partial charge in [0, 0.05) is 13.2 Å². The molecule has 1 rings (SSSR count). The van der Waals surface area contributed by atoms with Gasteiger partial charge in [0.1, 0.15) is 5.60 Å². The van der Waals surface area contributed by atoms with Crippen LogP contribution in [0.1, 0.15) is 213 Å². The summed E-state index contributed by atoms with van der Waals surface area (Å²) >= 11 is 0. The molecule has 0 unspecified atom stereocenters. The first-order valence-electron chi connectivity index (χ1n) is 19.7. The van der Waals surface area contributed by atoms with Crippen LogP contribution in [0, 0.1) is 0 Å². The fourth-order valence-electron chi connectivity index (χ4n) is 7.08. The summed E-state index contributed by atoms with van der Waals surface area (Å²) in [5, 5.41) is 0. The molecule has 0 aromatic carbocycles. The van der Waals surface area contributed by atoms with Gasteiger partial charge in [0.25, 0.3) is 0 Å². The fourth-order valence-corrected chi connectivity index (χ4v) is 8.23. The van der Waals surface area contributed by atoms with E-state index < -0.39 is 13.2 Å². The first-order valence-corrected chi connectivity index (χ1v) is 21.5. The van der Waals surface area contributed by atoms with Crippen molar-refractivity contribution in [3.05, 3.63) is 0 Å². The van der Waals surface area contributed by atoms with Crippen LogP contribution >= 0.6 is 7.60 Å². The van der Waals surface area contributed by atoms with Gasteiger partial charge in [-0.05, 0) is 32.1 Å². The molecule has 0 aromatic rings. The predicted octanol–water partition coefficient (Wildman–Crippen LogP) is 12.5. The third kappa shape index (κ3) is 24.3. The van der Waals surface area contributed by atoms with Gasteiger partial charge < -0.3 is 19.3 Å². The smallest absolute Gasteiger partial charge is 0.328 e. The van der Waals surface area contributed by atoms with E-state index >= 15 is 0 Å². The predicted molar refractivity (Wildman–Crippen MR) is 190 cm³/mol. The minimum absolute atomic E-state index is 0.191. The fraction of sp³-hybridized carbons (Fsp3) is 1.00. The van der Waals surface area contributed by atoms with Crippen LogP contribution < -0.4 is 0 Å². The molecule has 0 radical (unpaired) electrons. The zero-order valence-corrected chi connectivity index (χ0v) is 30.6. The minimum atomic E-state index is -4.19. The normalized spacial score (nSPS) is 18.9. The summed E-state index contributed by atoms with van der Waals surface area (Å²) in [6, 6.07) is 0. The summed E-state index contributed by atoms with van der Waals surface area (Å²) in [6.45, 7) is 5.81. The van der Waals surface area contributed by atoms with E-state index in [4.69, 9.17) is 9.47 Å². The zero-order chi connectivity index (χ0) is 32.0. The molecule has 1 fully saturated rings. The third-order valence-corrected chi connectivity index (χ3v) is 10.8. The number of rotatable bonds is 34. The highest BCUT2D eigenvalue weighted by Crippen LogP contribution is 2.47. The van der Waals surface area contributed by atoms with Crippen LogP contribution in [0.3, 0.4) is 0 Å². The van der Waals surface area contributed by atoms with E-state index in [1.54, 1.807) is 0 Å². The second kappa shape index (κ2) is 29.2. The maximum atomic E-state index is 12.1. The van der Waals surface area contributed by atoms with Gasteiger partial charge in [-0.15, -0.1) is 0 Å². The molecule has 0 bridgehead atoms. The van der Waals surface area contributed by atoms with Gasteiger partial charge in [-0.2, -0.15) is 0 Å². The molecule has 0 aromatic heterocycles. The van der Waals surface area contributed by atoms with Gasteiger partial charge in [0.05, 0.1) is 12.3 Å². The molecule has 2 N–H and O–H groups in total. The zero-order valence-electron chi connectivity index (χ0n) is 29.7. The molecule has 264 valence electrons. The summed E-state index contributed by atoms with van der Waals surface area (Å²) in [5.41, 5.74) is -0.814. The van der Waals surface area contributed by atoms with Gasteiger partial charge in [-0.3, -0.25) is 4.57 Å². The van der Waals surface area contributed by atoms with E-state index in [-0.39, 0.29) is 12.3 Å². The summed E-state index contributed by atoms with van der Waals surface area (Å²) in [5.74, 6) is 0. The molecule has 1 saturated carbocycles. The first kappa shape index (κ1) is 42.1. The number of ether oxygens (including phenoxy) is 2. The van der Waals surface area contributed by atoms with Gasteiger partial charge in [0.2, 0.25) is 0 Å². The van der Waals surface area contributed by atoms with Gasteiger partial charge in [-0.25, -0.2) is 0 Å². The average Bonchev–Trinajstić information content (AvgIpc) is 3.37. The van der Waals surface area contributed by atoms with E-state index in [1.807, 2.05) is 0 Å². The van der Waals surface area contributed by atoms with Crippen molar-refractivity contribution >= 4 is 7.60 Å². The van der Waals surface area contributed by atoms with E-state index in [2.05, 4.69) is 13.8 Å². The van der Waals surface area contributed by atoms with Crippen molar-refractivity contribution in [1.29, 1.82) is 0 Å². The van der Waals surface area contributed by atoms with Crippen molar-refractivity contribution in [3.8, 4) is 0 Å². The first-order chi connectivity index (χ1) is 21.4. The minimum Gasteiger partial charge on any atom is -0.375 e. The molecule has 0 spiro atoms. The van der Waals surface area contributed by atoms with Crippen molar-refractivity contribution in [1.82, 2.24) is 0 Å². The lowest BCUT2D eigenvalue weighted by Gasteiger charge is -2.35. The monoisotopic (exact) mass is 645 g/mol. The Bertz CT molecular complexity index is 653. The number of hydrogen-bond acceptors (Lipinski definition) is 3. The van der Waals surface area contributed by atoms with Crippen molar-refractivity contribution in [3.63, 3.8) is 0 Å². The largest absolute Gasteiger partial charge is 0.375 e. The Labute approximate surface area is 275 Å². The summed E-state index contributed by atoms with van der Waals surface area (Å²) in [7, 11) is -4.19. The van der Waals surface area contributed by atoms with Crippen LogP contribution in [-0.2, 0) is 14.0 Å². The van der Waals surface area contributed by atoms with E-state index in [0.29, 0.717) is 19.6 Å². The Morgan fingerprint density at radius 3 is 1.25 bits per heavy atom. The summed E-state index contributed by atoms with van der Waals surface area (Å²) in [4.78, 5) is 19.7. The van der Waals surface area contributed by atoms with Gasteiger partial charge in [-0.1, -0.05) is 181 Å². The van der Waals surface area contributed by atoms with Crippen molar-refractivity contribution < 1.29 is 23.8 Å². The molecule has 0 saturated heterocycles. The van der Waals surface area contributed by atoms with E-state index in [1.165, 1.54) is 161 Å². The highest BCUT2D eigenvalue weighted by Gasteiger charge is 2.48. The highest BCUT2D eigenvalue weighted by molar-refractivity contribution is 7.51. The second-order valence-electron chi connectivity index (χ2n) is 14.2. The average molecular weight is 645 g/mol. The Kier molecular flexibility index (Phi) is 28.0. The SMILES string of the molecule is CCCCCCCCCCCCCCCCO[C@H]1CCC[C@]1(CP(=O)(O)O)OCCCCCCCCCCCCCCCC. The summed E-state index contributed by atoms with van der Waals surface area (Å²) in [6.07, 6.45) is 39.2. The van der Waals surface area contributed by atoms with Crippen molar-refractivity contribution in [2.75, 3.05) is 19.4 Å². The van der Waals surface area contributed by atoms with Crippen LogP contribution in [0.2, 0.25) is 0 Å². The van der Waals surface area contributed by atoms with Crippen LogP contribution in [-0.4, -0.2) is 40.9 Å². The lowest BCUT2D eigenvalue weighted by molar-refractivity contribution is -0.120. The lowest BCUT2D eigenvalue weighted by Crippen LogP contribution is -2.46. The van der Waals surface area contributed by atoms with Crippen molar-refractivity contribution in [2.24, 2.45) is 0 Å². The van der Waals surface area contributed by atoms with E-state index in [0.717, 1.165) is 32.1 Å². The van der Waals surface area contributed by atoms with Crippen LogP contribution in [0.25, 0.3) is 0 Å². The lowest BCUT2D eigenvalue weighted by atomic mass is 10.0. The Balaban J connectivity index is 2.11. The Morgan fingerprint density at radius 1 is 0.545 bits per heavy atom. The van der Waals surface area contributed by atoms with Crippen molar-refractivity contribution in [2.45, 2.75) is 225 Å². The Hall–Kier alpha value is 0.0700. The quantitative estimate of drug-likeness (QED) is 0.0538. The maximum absolute atomic E-state index is 12.1. The third-order valence-electron chi connectivity index (χ3n) is 9.83. The second-order valence-corrected chi connectivity index (χ2v) is 15.8. The molecular formula is C38H77O5P. The standard InChI is InChI=1S/C38H77O5P/c1-3-5-7-9-11-13-15-17-19-21-23-25-27-29-34-42-37-32-31-33-38(37,36-44(39,40)41)43-35-30-28-26-24-22-20-18-16-14-12-10-8-6-4-2/h37H,3-36H2,1-2H3,(H2,39,40,41)/t37-,38+/m0/s1. The molecule has 5 nitrogen and oxygen atoms in total. The molecule has 2 atom stereocenters. The molecular weight excluding hydrogens is 567 g/mol. The topological polar surface area (TPSA) is 76.0 Å². The molecule has 1 aliphatic rings. The molecule has 0 heterocycles. The number of hydrogen-bond donors (Lipinski definition) is 2. The van der Waals surface area contributed by atoms with Crippen LogP contribution in [0.4, 0.5) is 0 Å². The molecule has 0 aliphatic heterocycles. The van der Waals surface area contributed by atoms with Gasteiger partial charge >= 0.3 is 7.60 Å². The highest BCUT2D eigenvalue weighted by atomic mass is 31.2. The number of unbranched alkanes of at least 4 members (excludes halogenated alkanes) is 26. The molecule has 44 heavy (non-hydrogen) atoms. The van der Waals surface area contributed by atoms with E-state index in [9.17, 15) is 14.4 Å².